The van der Waals surface area contributed by atoms with Gasteiger partial charge in [0.1, 0.15) is 0 Å². The van der Waals surface area contributed by atoms with Crippen LogP contribution >= 0.6 is 24.0 Å². The Balaban J connectivity index is 0.00000320. The summed E-state index contributed by atoms with van der Waals surface area (Å²) < 4.78 is 0. The zero-order valence-electron chi connectivity index (χ0n) is 18.1. The zero-order chi connectivity index (χ0) is 20.3. The molecule has 1 aliphatic heterocycles. The maximum absolute atomic E-state index is 12.1. The van der Waals surface area contributed by atoms with Crippen LogP contribution in [0.3, 0.4) is 0 Å². The highest BCUT2D eigenvalue weighted by Gasteiger charge is 2.15. The molecule has 1 amide bonds. The minimum Gasteiger partial charge on any atom is -0.361 e. The number of nitrogens with zero attached hydrogens (tertiary/aromatic N) is 2. The van der Waals surface area contributed by atoms with E-state index in [9.17, 15) is 4.79 Å². The molecule has 30 heavy (non-hydrogen) atoms. The van der Waals surface area contributed by atoms with Crippen LogP contribution in [0.4, 0.5) is 0 Å². The van der Waals surface area contributed by atoms with Gasteiger partial charge in [0.2, 0.25) is 5.91 Å². The number of carbonyl (C=O) groups is 1. The van der Waals surface area contributed by atoms with Crippen LogP contribution in [0.5, 0.6) is 0 Å². The number of aliphatic imine (C=N–C) groups is 1. The molecule has 2 aromatic rings. The number of H-pyrrole nitrogens is 1. The third kappa shape index (κ3) is 7.49. The van der Waals surface area contributed by atoms with Gasteiger partial charge in [-0.2, -0.15) is 0 Å². The molecule has 3 rings (SSSR count). The fourth-order valence-corrected chi connectivity index (χ4v) is 3.89. The van der Waals surface area contributed by atoms with Crippen molar-refractivity contribution in [3.8, 4) is 0 Å². The SMILES string of the molecule is CCNC(=NCCCN1CCCCCC1=O)NCCCc1c[nH]c2ccccc12.I. The maximum atomic E-state index is 12.1. The monoisotopic (exact) mass is 525 g/mol. The van der Waals surface area contributed by atoms with Gasteiger partial charge in [-0.05, 0) is 50.7 Å². The molecule has 1 aromatic heterocycles. The van der Waals surface area contributed by atoms with Crippen LogP contribution in [0.15, 0.2) is 35.5 Å². The number of aryl methyl sites for hydroxylation is 1. The highest BCUT2D eigenvalue weighted by atomic mass is 127. The number of para-hydroxylation sites is 1. The van der Waals surface area contributed by atoms with Gasteiger partial charge in [0.05, 0.1) is 0 Å². The number of aromatic amines is 1. The number of rotatable bonds is 9. The normalized spacial score (nSPS) is 15.0. The van der Waals surface area contributed by atoms with Crippen molar-refractivity contribution >= 4 is 46.7 Å². The van der Waals surface area contributed by atoms with Crippen LogP contribution in [0.25, 0.3) is 10.9 Å². The molecule has 0 bridgehead atoms. The van der Waals surface area contributed by atoms with Gasteiger partial charge in [0.25, 0.3) is 0 Å². The largest absolute Gasteiger partial charge is 0.361 e. The molecule has 2 heterocycles. The number of halogens is 1. The Morgan fingerprint density at radius 1 is 1.17 bits per heavy atom. The first-order valence-electron chi connectivity index (χ1n) is 11.1. The van der Waals surface area contributed by atoms with E-state index in [0.29, 0.717) is 12.3 Å². The van der Waals surface area contributed by atoms with E-state index in [2.05, 4.69) is 58.0 Å². The van der Waals surface area contributed by atoms with Crippen molar-refractivity contribution in [1.82, 2.24) is 20.5 Å². The molecule has 1 fully saturated rings. The van der Waals surface area contributed by atoms with Crippen LogP contribution in [0.2, 0.25) is 0 Å². The first-order chi connectivity index (χ1) is 14.3. The van der Waals surface area contributed by atoms with E-state index < -0.39 is 0 Å². The summed E-state index contributed by atoms with van der Waals surface area (Å²) >= 11 is 0. The fourth-order valence-electron chi connectivity index (χ4n) is 3.89. The smallest absolute Gasteiger partial charge is 0.222 e. The van der Waals surface area contributed by atoms with Crippen LogP contribution in [0, 0.1) is 0 Å². The zero-order valence-corrected chi connectivity index (χ0v) is 20.4. The van der Waals surface area contributed by atoms with Crippen LogP contribution in [-0.4, -0.2) is 54.5 Å². The average molecular weight is 525 g/mol. The van der Waals surface area contributed by atoms with Gasteiger partial charge in [-0.1, -0.05) is 24.6 Å². The average Bonchev–Trinajstić information content (AvgIpc) is 3.03. The van der Waals surface area contributed by atoms with Crippen molar-refractivity contribution in [3.05, 3.63) is 36.0 Å². The van der Waals surface area contributed by atoms with Crippen LogP contribution in [-0.2, 0) is 11.2 Å². The molecule has 0 unspecified atom stereocenters. The number of benzene rings is 1. The second kappa shape index (κ2) is 13.5. The second-order valence-electron chi connectivity index (χ2n) is 7.70. The second-order valence-corrected chi connectivity index (χ2v) is 7.70. The van der Waals surface area contributed by atoms with Crippen molar-refractivity contribution in [2.75, 3.05) is 32.7 Å². The number of amides is 1. The lowest BCUT2D eigenvalue weighted by Crippen LogP contribution is -2.38. The van der Waals surface area contributed by atoms with Gasteiger partial charge in [-0.3, -0.25) is 9.79 Å². The molecule has 0 saturated carbocycles. The lowest BCUT2D eigenvalue weighted by molar-refractivity contribution is -0.130. The third-order valence-corrected chi connectivity index (χ3v) is 5.46. The van der Waals surface area contributed by atoms with E-state index in [0.717, 1.165) is 70.8 Å². The van der Waals surface area contributed by atoms with E-state index in [1.165, 1.54) is 22.9 Å². The number of hydrogen-bond donors (Lipinski definition) is 3. The van der Waals surface area contributed by atoms with E-state index in [1.54, 1.807) is 0 Å². The van der Waals surface area contributed by atoms with Gasteiger partial charge in [-0.25, -0.2) is 0 Å². The van der Waals surface area contributed by atoms with E-state index in [4.69, 9.17) is 0 Å². The Kier molecular flexibility index (Phi) is 11.0. The minimum atomic E-state index is 0. The Hall–Kier alpha value is -1.77. The Bertz CT molecular complexity index is 804. The molecule has 6 nitrogen and oxygen atoms in total. The van der Waals surface area contributed by atoms with Crippen molar-refractivity contribution in [2.45, 2.75) is 51.9 Å². The highest BCUT2D eigenvalue weighted by molar-refractivity contribution is 14.0. The summed E-state index contributed by atoms with van der Waals surface area (Å²) in [7, 11) is 0. The number of likely N-dealkylation sites (tertiary alicyclic amines) is 1. The van der Waals surface area contributed by atoms with Crippen molar-refractivity contribution in [1.29, 1.82) is 0 Å². The number of fused-ring (bicyclic) bond motifs is 1. The standard InChI is InChI=1S/C23H35N5O.HI/c1-2-24-23(26-15-9-17-28-16-7-3-4-13-22(28)29)25-14-8-10-19-18-27-21-12-6-5-11-20(19)21;/h5-6,11-12,18,27H,2-4,7-10,13-17H2,1H3,(H2,24,25,26);1H. The van der Waals surface area contributed by atoms with Crippen LogP contribution < -0.4 is 10.6 Å². The molecule has 7 heteroatoms. The third-order valence-electron chi connectivity index (χ3n) is 5.46. The summed E-state index contributed by atoms with van der Waals surface area (Å²) in [6, 6.07) is 8.44. The number of hydrogen-bond acceptors (Lipinski definition) is 2. The summed E-state index contributed by atoms with van der Waals surface area (Å²) in [5.74, 6) is 1.18. The van der Waals surface area contributed by atoms with Crippen molar-refractivity contribution in [3.63, 3.8) is 0 Å². The minimum absolute atomic E-state index is 0. The first-order valence-corrected chi connectivity index (χ1v) is 11.1. The summed E-state index contributed by atoms with van der Waals surface area (Å²) in [5.41, 5.74) is 2.57. The Labute approximate surface area is 197 Å². The summed E-state index contributed by atoms with van der Waals surface area (Å²) in [6.45, 7) is 6.28. The predicted octanol–water partition coefficient (Wildman–Crippen LogP) is 4.07. The molecule has 3 N–H and O–H groups in total. The Morgan fingerprint density at radius 2 is 2.03 bits per heavy atom. The topological polar surface area (TPSA) is 72.5 Å². The van der Waals surface area contributed by atoms with Gasteiger partial charge < -0.3 is 20.5 Å². The number of aromatic nitrogens is 1. The summed E-state index contributed by atoms with van der Waals surface area (Å²) in [6.07, 6.45) is 9.18. The lowest BCUT2D eigenvalue weighted by Gasteiger charge is -2.20. The van der Waals surface area contributed by atoms with E-state index in [-0.39, 0.29) is 24.0 Å². The van der Waals surface area contributed by atoms with E-state index >= 15 is 0 Å². The Morgan fingerprint density at radius 3 is 2.90 bits per heavy atom. The molecule has 0 aliphatic carbocycles. The van der Waals surface area contributed by atoms with E-state index in [1.807, 2.05) is 4.90 Å². The van der Waals surface area contributed by atoms with Gasteiger partial charge in [-0.15, -0.1) is 24.0 Å². The molecule has 0 radical (unpaired) electrons. The number of carbonyl (C=O) groups excluding carboxylic acids is 1. The number of nitrogens with one attached hydrogen (secondary N) is 3. The molecule has 0 atom stereocenters. The summed E-state index contributed by atoms with van der Waals surface area (Å²) in [5, 5.41) is 8.07. The predicted molar refractivity (Wildman–Crippen MR) is 136 cm³/mol. The number of guanidine groups is 1. The summed E-state index contributed by atoms with van der Waals surface area (Å²) in [4.78, 5) is 22.1. The van der Waals surface area contributed by atoms with Gasteiger partial charge >= 0.3 is 0 Å². The lowest BCUT2D eigenvalue weighted by atomic mass is 10.1. The maximum Gasteiger partial charge on any atom is 0.222 e. The molecule has 166 valence electrons. The first kappa shape index (κ1) is 24.5. The fraction of sp³-hybridized carbons (Fsp3) is 0.565. The molecular formula is C23H36IN5O. The quantitative estimate of drug-likeness (QED) is 0.200. The van der Waals surface area contributed by atoms with Crippen molar-refractivity contribution < 1.29 is 4.79 Å². The van der Waals surface area contributed by atoms with Crippen LogP contribution in [0.1, 0.15) is 51.0 Å². The highest BCUT2D eigenvalue weighted by Crippen LogP contribution is 2.18. The molecule has 1 aliphatic rings. The molecule has 1 saturated heterocycles. The van der Waals surface area contributed by atoms with Gasteiger partial charge in [0, 0.05) is 56.2 Å². The molecular weight excluding hydrogens is 489 g/mol. The van der Waals surface area contributed by atoms with Gasteiger partial charge in [0.15, 0.2) is 5.96 Å². The van der Waals surface area contributed by atoms with Crippen molar-refractivity contribution in [2.24, 2.45) is 4.99 Å². The molecule has 1 aromatic carbocycles. The molecule has 0 spiro atoms.